The number of carbonyl (C=O) groups excluding carboxylic acids is 2. The van der Waals surface area contributed by atoms with Crippen molar-refractivity contribution in [2.45, 2.75) is 25.9 Å². The van der Waals surface area contributed by atoms with Crippen LogP contribution in [0.5, 0.6) is 0 Å². The average Bonchev–Trinajstić information content (AvgIpc) is 2.14. The van der Waals surface area contributed by atoms with E-state index in [0.717, 1.165) is 0 Å². The van der Waals surface area contributed by atoms with E-state index in [1.165, 1.54) is 7.11 Å². The Hall–Kier alpha value is -0.670. The number of nitrogens with one attached hydrogen (secondary N) is 2. The van der Waals surface area contributed by atoms with E-state index in [-0.39, 0.29) is 11.9 Å². The molecule has 0 fully saturated rings. The van der Waals surface area contributed by atoms with Crippen LogP contribution in [0, 0.1) is 0 Å². The molecule has 1 amide bonds. The van der Waals surface area contributed by atoms with Gasteiger partial charge in [-0.15, -0.1) is 0 Å². The molecule has 0 radical (unpaired) electrons. The van der Waals surface area contributed by atoms with E-state index >= 15 is 0 Å². The molecule has 13 heavy (non-hydrogen) atoms. The highest BCUT2D eigenvalue weighted by Crippen LogP contribution is 1.90. The number of hydrogen-bond donors (Lipinski definition) is 2. The Kier molecular flexibility index (Phi) is 5.58. The number of amides is 1. The molecule has 0 bridgehead atoms. The SMILES string of the molecule is COC(=O)[C@@H](C)NC(=O)[C@H](C)NP. The zero-order valence-corrected chi connectivity index (χ0v) is 9.11. The van der Waals surface area contributed by atoms with E-state index in [1.807, 2.05) is 0 Å². The maximum absolute atomic E-state index is 11.2. The Morgan fingerprint density at radius 3 is 2.23 bits per heavy atom. The van der Waals surface area contributed by atoms with Crippen LogP contribution in [-0.4, -0.2) is 31.1 Å². The van der Waals surface area contributed by atoms with Crippen LogP contribution in [0.4, 0.5) is 0 Å². The molecule has 0 aromatic carbocycles. The van der Waals surface area contributed by atoms with E-state index in [1.54, 1.807) is 13.8 Å². The Bertz CT molecular complexity index is 198. The van der Waals surface area contributed by atoms with Crippen LogP contribution in [0.3, 0.4) is 0 Å². The molecule has 0 heterocycles. The summed E-state index contributed by atoms with van der Waals surface area (Å²) in [4.78, 5) is 22.1. The van der Waals surface area contributed by atoms with Crippen molar-refractivity contribution < 1.29 is 14.3 Å². The Balaban J connectivity index is 3.98. The molecule has 0 aliphatic carbocycles. The van der Waals surface area contributed by atoms with Gasteiger partial charge >= 0.3 is 5.97 Å². The van der Waals surface area contributed by atoms with Gasteiger partial charge in [0.05, 0.1) is 13.2 Å². The van der Waals surface area contributed by atoms with E-state index in [9.17, 15) is 9.59 Å². The van der Waals surface area contributed by atoms with Gasteiger partial charge in [0, 0.05) is 0 Å². The summed E-state index contributed by atoms with van der Waals surface area (Å²) in [6.07, 6.45) is 0. The molecule has 3 atom stereocenters. The average molecular weight is 206 g/mol. The van der Waals surface area contributed by atoms with Crippen LogP contribution in [0.1, 0.15) is 13.8 Å². The van der Waals surface area contributed by atoms with Gasteiger partial charge in [0.2, 0.25) is 5.91 Å². The Morgan fingerprint density at radius 2 is 1.85 bits per heavy atom. The van der Waals surface area contributed by atoms with Gasteiger partial charge in [0.25, 0.3) is 0 Å². The van der Waals surface area contributed by atoms with Gasteiger partial charge in [0.15, 0.2) is 0 Å². The van der Waals surface area contributed by atoms with E-state index < -0.39 is 12.0 Å². The van der Waals surface area contributed by atoms with Crippen molar-refractivity contribution in [1.82, 2.24) is 10.4 Å². The highest BCUT2D eigenvalue weighted by atomic mass is 31.0. The molecule has 0 aliphatic rings. The lowest BCUT2D eigenvalue weighted by Gasteiger charge is -2.14. The molecule has 0 rings (SSSR count). The summed E-state index contributed by atoms with van der Waals surface area (Å²) in [6, 6.07) is -0.963. The summed E-state index contributed by atoms with van der Waals surface area (Å²) >= 11 is 0. The molecule has 2 N–H and O–H groups in total. The smallest absolute Gasteiger partial charge is 0.328 e. The van der Waals surface area contributed by atoms with Crippen molar-refractivity contribution in [3.63, 3.8) is 0 Å². The number of ether oxygens (including phenoxy) is 1. The highest BCUT2D eigenvalue weighted by Gasteiger charge is 2.18. The predicted octanol–water partition coefficient (Wildman–Crippen LogP) is -0.568. The normalized spacial score (nSPS) is 14.5. The Morgan fingerprint density at radius 1 is 1.31 bits per heavy atom. The van der Waals surface area contributed by atoms with Gasteiger partial charge in [-0.05, 0) is 13.8 Å². The summed E-state index contributed by atoms with van der Waals surface area (Å²) < 4.78 is 4.45. The largest absolute Gasteiger partial charge is 0.467 e. The van der Waals surface area contributed by atoms with Crippen LogP contribution < -0.4 is 10.4 Å². The zero-order chi connectivity index (χ0) is 10.4. The molecule has 0 spiro atoms. The standard InChI is InChI=1S/C7H15N2O3P/c1-4(9-13)6(10)8-5(2)7(11)12-3/h4-5,9H,13H2,1-3H3,(H,8,10)/t4-,5+/m0/s1. The first-order chi connectivity index (χ1) is 6.02. The molecule has 0 aromatic heterocycles. The summed E-state index contributed by atoms with van der Waals surface area (Å²) in [6.45, 7) is 3.26. The van der Waals surface area contributed by atoms with Gasteiger partial charge in [-0.2, -0.15) is 0 Å². The second-order valence-corrected chi connectivity index (χ2v) is 2.98. The fraction of sp³-hybridized carbons (Fsp3) is 0.714. The first-order valence-electron chi connectivity index (χ1n) is 3.87. The summed E-state index contributed by atoms with van der Waals surface area (Å²) in [7, 11) is 3.51. The van der Waals surface area contributed by atoms with E-state index in [4.69, 9.17) is 0 Å². The summed E-state index contributed by atoms with van der Waals surface area (Å²) in [5, 5.41) is 5.17. The van der Waals surface area contributed by atoms with Crippen molar-refractivity contribution in [3.05, 3.63) is 0 Å². The molecule has 76 valence electrons. The quantitative estimate of drug-likeness (QED) is 0.477. The van der Waals surface area contributed by atoms with Crippen LogP contribution in [0.2, 0.25) is 0 Å². The molecule has 0 saturated carbocycles. The fourth-order valence-corrected chi connectivity index (χ4v) is 0.801. The first kappa shape index (κ1) is 12.3. The van der Waals surface area contributed by atoms with Crippen molar-refractivity contribution >= 4 is 21.3 Å². The van der Waals surface area contributed by atoms with Crippen molar-refractivity contribution in [2.24, 2.45) is 0 Å². The predicted molar refractivity (Wildman–Crippen MR) is 51.9 cm³/mol. The summed E-state index contributed by atoms with van der Waals surface area (Å²) in [5.41, 5.74) is 0. The minimum atomic E-state index is -0.613. The maximum atomic E-state index is 11.2. The lowest BCUT2D eigenvalue weighted by Crippen LogP contribution is -2.46. The van der Waals surface area contributed by atoms with Crippen LogP contribution in [0.15, 0.2) is 0 Å². The molecule has 6 heteroatoms. The van der Waals surface area contributed by atoms with Crippen LogP contribution in [0.25, 0.3) is 0 Å². The van der Waals surface area contributed by atoms with Gasteiger partial charge < -0.3 is 10.1 Å². The number of carbonyl (C=O) groups is 2. The third kappa shape index (κ3) is 4.20. The van der Waals surface area contributed by atoms with Crippen LogP contribution >= 0.6 is 9.39 Å². The van der Waals surface area contributed by atoms with Crippen LogP contribution in [-0.2, 0) is 14.3 Å². The molecular weight excluding hydrogens is 191 g/mol. The minimum Gasteiger partial charge on any atom is -0.467 e. The topological polar surface area (TPSA) is 67.4 Å². The monoisotopic (exact) mass is 206 g/mol. The van der Waals surface area contributed by atoms with Gasteiger partial charge in [-0.25, -0.2) is 4.79 Å². The fourth-order valence-electron chi connectivity index (χ4n) is 0.650. The number of rotatable bonds is 4. The number of hydrogen-bond acceptors (Lipinski definition) is 4. The minimum absolute atomic E-state index is 0.243. The highest BCUT2D eigenvalue weighted by molar-refractivity contribution is 7.13. The van der Waals surface area contributed by atoms with Crippen molar-refractivity contribution in [3.8, 4) is 0 Å². The van der Waals surface area contributed by atoms with E-state index in [2.05, 4.69) is 24.5 Å². The Labute approximate surface area is 79.9 Å². The number of esters is 1. The first-order valence-corrected chi connectivity index (χ1v) is 4.45. The zero-order valence-electron chi connectivity index (χ0n) is 7.96. The van der Waals surface area contributed by atoms with Gasteiger partial charge in [-0.3, -0.25) is 9.88 Å². The maximum Gasteiger partial charge on any atom is 0.328 e. The lowest BCUT2D eigenvalue weighted by molar-refractivity contribution is -0.144. The molecule has 5 nitrogen and oxygen atoms in total. The molecular formula is C7H15N2O3P. The third-order valence-corrected chi connectivity index (χ3v) is 2.06. The van der Waals surface area contributed by atoms with Gasteiger partial charge in [-0.1, -0.05) is 9.39 Å². The lowest BCUT2D eigenvalue weighted by atomic mass is 10.3. The summed E-state index contributed by atoms with van der Waals surface area (Å²) in [5.74, 6) is -0.697. The molecule has 0 aromatic rings. The molecule has 0 saturated heterocycles. The second-order valence-electron chi connectivity index (χ2n) is 2.64. The second kappa shape index (κ2) is 5.89. The van der Waals surface area contributed by atoms with Crippen molar-refractivity contribution in [2.75, 3.05) is 7.11 Å². The molecule has 1 unspecified atom stereocenters. The van der Waals surface area contributed by atoms with Gasteiger partial charge in [0.1, 0.15) is 6.04 Å². The van der Waals surface area contributed by atoms with E-state index in [0.29, 0.717) is 0 Å². The molecule has 0 aliphatic heterocycles. The van der Waals surface area contributed by atoms with Crippen molar-refractivity contribution in [1.29, 1.82) is 0 Å². The third-order valence-electron chi connectivity index (χ3n) is 1.56. The number of methoxy groups -OCH3 is 1.